The number of nitrogens with one attached hydrogen (secondary N) is 2. The fourth-order valence-electron chi connectivity index (χ4n) is 4.11. The molecule has 0 fully saturated rings. The van der Waals surface area contributed by atoms with Crippen molar-refractivity contribution in [3.8, 4) is 17.5 Å². The summed E-state index contributed by atoms with van der Waals surface area (Å²) in [5.74, 6) is -0.507. The van der Waals surface area contributed by atoms with E-state index in [1.807, 2.05) is 20.8 Å². The van der Waals surface area contributed by atoms with Gasteiger partial charge < -0.3 is 10.3 Å². The molecule has 5 aromatic rings. The zero-order chi connectivity index (χ0) is 32.9. The molecule has 0 aliphatic rings. The third-order valence-electron chi connectivity index (χ3n) is 6.34. The highest BCUT2D eigenvalue weighted by atomic mass is 32.2. The Bertz CT molecular complexity index is 2220. The Morgan fingerprint density at radius 3 is 2.20 bits per heavy atom. The Hall–Kier alpha value is -4.87. The van der Waals surface area contributed by atoms with E-state index in [4.69, 9.17) is 0 Å². The zero-order valence-corrected chi connectivity index (χ0v) is 26.3. The molecule has 16 nitrogen and oxygen atoms in total. The van der Waals surface area contributed by atoms with Gasteiger partial charge in [-0.05, 0) is 60.9 Å². The number of aromatic amines is 1. The van der Waals surface area contributed by atoms with Crippen LogP contribution < -0.4 is 5.32 Å². The fourth-order valence-corrected chi connectivity index (χ4v) is 5.96. The highest BCUT2D eigenvalue weighted by molar-refractivity contribution is 7.86. The van der Waals surface area contributed by atoms with Crippen molar-refractivity contribution in [2.45, 2.75) is 42.9 Å². The lowest BCUT2D eigenvalue weighted by Gasteiger charge is -2.15. The Kier molecular flexibility index (Phi) is 7.88. The van der Waals surface area contributed by atoms with E-state index in [-0.39, 0.29) is 5.69 Å². The highest BCUT2D eigenvalue weighted by Gasteiger charge is 2.27. The molecule has 0 bridgehead atoms. The Morgan fingerprint density at radius 2 is 1.64 bits per heavy atom. The molecule has 0 atom stereocenters. The number of anilines is 1. The number of carbonyl (C=O) groups is 1. The smallest absolute Gasteiger partial charge is 0.294 e. The number of nitriles is 1. The van der Waals surface area contributed by atoms with Crippen molar-refractivity contribution in [2.24, 2.45) is 10.2 Å². The second-order valence-corrected chi connectivity index (χ2v) is 14.3. The summed E-state index contributed by atoms with van der Waals surface area (Å²) in [7, 11) is -9.78. The standard InChI is InChI=1S/C26H23N9O7S3/c1-13-19(12-27)25(43-34-13)31-30-20-21(26(2,3)4)32-35-23(20)29-22(33-35)14-5-7-16(8-6-14)28-24(36)15-9-17(44(37,38)39)11-18(10-15)45(40,41)42/h5-11H,1-4H3,(H,28,36)(H,29,33)(H,37,38,39)(H,40,41,42)/b31-30+. The number of fused-ring (bicyclic) bond motifs is 1. The molecular weight excluding hydrogens is 647 g/mol. The number of azo groups is 1. The molecule has 0 aliphatic heterocycles. The molecule has 4 N–H and O–H groups in total. The summed E-state index contributed by atoms with van der Waals surface area (Å²) in [5.41, 5.74) is 2.37. The minimum absolute atomic E-state index is 0.253. The van der Waals surface area contributed by atoms with E-state index < -0.39 is 46.9 Å². The van der Waals surface area contributed by atoms with Crippen molar-refractivity contribution in [1.82, 2.24) is 24.2 Å². The van der Waals surface area contributed by atoms with Gasteiger partial charge in [-0.3, -0.25) is 13.9 Å². The van der Waals surface area contributed by atoms with Crippen LogP contribution in [0.2, 0.25) is 0 Å². The van der Waals surface area contributed by atoms with Crippen molar-refractivity contribution in [3.63, 3.8) is 0 Å². The van der Waals surface area contributed by atoms with Gasteiger partial charge in [0.15, 0.2) is 22.2 Å². The number of hydrogen-bond acceptors (Lipinski definition) is 12. The first kappa shape index (κ1) is 31.6. The van der Waals surface area contributed by atoms with Crippen molar-refractivity contribution < 1.29 is 30.7 Å². The van der Waals surface area contributed by atoms with Gasteiger partial charge in [-0.25, -0.2) is 0 Å². The number of nitrogens with zero attached hydrogens (tertiary/aromatic N) is 7. The fraction of sp³-hybridized carbons (Fsp3) is 0.192. The van der Waals surface area contributed by atoms with Gasteiger partial charge in [-0.2, -0.15) is 31.6 Å². The average molecular weight is 670 g/mol. The lowest BCUT2D eigenvalue weighted by atomic mass is 9.91. The highest BCUT2D eigenvalue weighted by Crippen LogP contribution is 2.37. The molecule has 2 aromatic carbocycles. The topological polar surface area (TPSA) is 245 Å². The number of amides is 1. The summed E-state index contributed by atoms with van der Waals surface area (Å²) in [6.45, 7) is 7.59. The number of rotatable bonds is 7. The largest absolute Gasteiger partial charge is 0.322 e. The molecule has 0 spiro atoms. The van der Waals surface area contributed by atoms with Crippen LogP contribution in [0, 0.1) is 18.3 Å². The molecule has 3 heterocycles. The van der Waals surface area contributed by atoms with E-state index in [1.165, 1.54) is 16.8 Å². The monoisotopic (exact) mass is 669 g/mol. The van der Waals surface area contributed by atoms with Crippen LogP contribution >= 0.6 is 11.5 Å². The molecule has 0 aliphatic carbocycles. The van der Waals surface area contributed by atoms with Crippen LogP contribution in [-0.2, 0) is 25.7 Å². The third kappa shape index (κ3) is 6.50. The first-order valence-corrected chi connectivity index (χ1v) is 16.4. The molecule has 0 saturated carbocycles. The SMILES string of the molecule is Cc1nsc(/N=N/c2c(C(C)(C)C)nn3nc(-c4ccc(NC(=O)c5cc(S(=O)(=O)O)cc(S(=O)(=O)O)c5)cc4)[nH]c23)c1C#N. The molecule has 5 rings (SSSR count). The summed E-state index contributed by atoms with van der Waals surface area (Å²) in [6, 6.07) is 10.4. The summed E-state index contributed by atoms with van der Waals surface area (Å²) < 4.78 is 70.6. The van der Waals surface area contributed by atoms with Crippen LogP contribution in [0.15, 0.2) is 62.5 Å². The minimum Gasteiger partial charge on any atom is -0.322 e. The molecule has 0 saturated heterocycles. The maximum absolute atomic E-state index is 12.8. The Morgan fingerprint density at radius 1 is 1.02 bits per heavy atom. The Labute approximate surface area is 260 Å². The number of H-pyrrole nitrogens is 1. The van der Waals surface area contributed by atoms with Crippen LogP contribution in [0.3, 0.4) is 0 Å². The minimum atomic E-state index is -4.89. The Balaban J connectivity index is 1.44. The second kappa shape index (κ2) is 11.2. The van der Waals surface area contributed by atoms with Gasteiger partial charge in [0.2, 0.25) is 0 Å². The maximum atomic E-state index is 12.8. The molecule has 0 unspecified atom stereocenters. The van der Waals surface area contributed by atoms with Crippen LogP contribution in [0.4, 0.5) is 16.4 Å². The lowest BCUT2D eigenvalue weighted by molar-refractivity contribution is 0.102. The molecule has 3 aromatic heterocycles. The van der Waals surface area contributed by atoms with Crippen LogP contribution in [0.5, 0.6) is 0 Å². The van der Waals surface area contributed by atoms with Gasteiger partial charge in [0.25, 0.3) is 26.1 Å². The zero-order valence-electron chi connectivity index (χ0n) is 23.8. The number of benzene rings is 2. The third-order valence-corrected chi connectivity index (χ3v) is 8.82. The van der Waals surface area contributed by atoms with Crippen LogP contribution in [0.25, 0.3) is 17.0 Å². The summed E-state index contributed by atoms with van der Waals surface area (Å²) in [6.07, 6.45) is 0. The van der Waals surface area contributed by atoms with E-state index >= 15 is 0 Å². The summed E-state index contributed by atoms with van der Waals surface area (Å²) in [4.78, 5) is 14.2. The molecule has 0 radical (unpaired) electrons. The van der Waals surface area contributed by atoms with Crippen LogP contribution in [-0.4, -0.2) is 56.0 Å². The normalized spacial score (nSPS) is 12.6. The number of hydrogen-bond donors (Lipinski definition) is 4. The summed E-state index contributed by atoms with van der Waals surface area (Å²) in [5, 5.41) is 30.1. The maximum Gasteiger partial charge on any atom is 0.294 e. The van der Waals surface area contributed by atoms with Crippen molar-refractivity contribution >= 4 is 59.7 Å². The van der Waals surface area contributed by atoms with Gasteiger partial charge in [-0.15, -0.1) is 20.0 Å². The number of carbonyl (C=O) groups excluding carboxylic acids is 1. The van der Waals surface area contributed by atoms with E-state index in [9.17, 15) is 36.0 Å². The van der Waals surface area contributed by atoms with Crippen molar-refractivity contribution in [3.05, 3.63) is 65.0 Å². The molecule has 1 amide bonds. The second-order valence-electron chi connectivity index (χ2n) is 10.7. The predicted octanol–water partition coefficient (Wildman–Crippen LogP) is 4.82. The van der Waals surface area contributed by atoms with Crippen LogP contribution in [0.1, 0.15) is 48.1 Å². The van der Waals surface area contributed by atoms with Gasteiger partial charge in [0.1, 0.15) is 11.6 Å². The molecule has 45 heavy (non-hydrogen) atoms. The molecule has 19 heteroatoms. The van der Waals surface area contributed by atoms with Gasteiger partial charge >= 0.3 is 0 Å². The first-order chi connectivity index (χ1) is 21.0. The quantitative estimate of drug-likeness (QED) is 0.135. The average Bonchev–Trinajstić information content (AvgIpc) is 3.63. The van der Waals surface area contributed by atoms with E-state index in [0.29, 0.717) is 50.7 Å². The van der Waals surface area contributed by atoms with E-state index in [2.05, 4.69) is 41.2 Å². The van der Waals surface area contributed by atoms with E-state index in [0.717, 1.165) is 23.7 Å². The van der Waals surface area contributed by atoms with Gasteiger partial charge in [0.05, 0.1) is 21.2 Å². The van der Waals surface area contributed by atoms with E-state index in [1.54, 1.807) is 19.1 Å². The first-order valence-electron chi connectivity index (χ1n) is 12.7. The summed E-state index contributed by atoms with van der Waals surface area (Å²) >= 11 is 1.06. The van der Waals surface area contributed by atoms with Gasteiger partial charge in [0, 0.05) is 22.2 Å². The lowest BCUT2D eigenvalue weighted by Crippen LogP contribution is -2.14. The number of aryl methyl sites for hydroxylation is 1. The van der Waals surface area contributed by atoms with Crippen molar-refractivity contribution in [1.29, 1.82) is 5.26 Å². The number of aromatic nitrogens is 5. The molecule has 232 valence electrons. The predicted molar refractivity (Wildman–Crippen MR) is 161 cm³/mol. The molecular formula is C26H23N9O7S3. The van der Waals surface area contributed by atoms with Crippen molar-refractivity contribution in [2.75, 3.05) is 5.32 Å². The van der Waals surface area contributed by atoms with Gasteiger partial charge in [-0.1, -0.05) is 20.8 Å².